The molecule has 0 rings (SSSR count). The van der Waals surface area contributed by atoms with Gasteiger partial charge in [0.1, 0.15) is 0 Å². The fourth-order valence-electron chi connectivity index (χ4n) is 1.34. The molecule has 0 saturated heterocycles. The molecule has 0 spiro atoms. The summed E-state index contributed by atoms with van der Waals surface area (Å²) in [7, 11) is 0. The summed E-state index contributed by atoms with van der Waals surface area (Å²) in [5.74, 6) is -0.831. The monoisotopic (exact) mass is 216 g/mol. The van der Waals surface area contributed by atoms with Crippen molar-refractivity contribution in [3.05, 3.63) is 0 Å². The second-order valence-electron chi connectivity index (χ2n) is 3.72. The Morgan fingerprint density at radius 2 is 1.93 bits per heavy atom. The van der Waals surface area contributed by atoms with Gasteiger partial charge in [0.2, 0.25) is 5.91 Å². The summed E-state index contributed by atoms with van der Waals surface area (Å²) >= 11 is 0. The van der Waals surface area contributed by atoms with E-state index in [0.717, 1.165) is 0 Å². The van der Waals surface area contributed by atoms with Crippen molar-refractivity contribution in [3.8, 4) is 0 Å². The molecule has 0 aromatic rings. The van der Waals surface area contributed by atoms with Gasteiger partial charge in [-0.1, -0.05) is 0 Å². The second-order valence-corrected chi connectivity index (χ2v) is 3.72. The Kier molecular flexibility index (Phi) is 6.70. The Morgan fingerprint density at radius 1 is 1.33 bits per heavy atom. The molecule has 5 heteroatoms. The van der Waals surface area contributed by atoms with Gasteiger partial charge in [0, 0.05) is 32.0 Å². The first-order valence-corrected chi connectivity index (χ1v) is 5.20. The van der Waals surface area contributed by atoms with Crippen molar-refractivity contribution in [1.82, 2.24) is 4.90 Å². The lowest BCUT2D eigenvalue weighted by atomic mass is 10.2. The van der Waals surface area contributed by atoms with Crippen molar-refractivity contribution < 1.29 is 14.7 Å². The molecule has 0 heterocycles. The number of carbonyl (C=O) groups is 2. The number of nitrogens with two attached hydrogens (primary N) is 1. The summed E-state index contributed by atoms with van der Waals surface area (Å²) in [6, 6.07) is 0.0952. The average Bonchev–Trinajstić information content (AvgIpc) is 2.11. The van der Waals surface area contributed by atoms with Crippen molar-refractivity contribution in [2.75, 3.05) is 13.1 Å². The van der Waals surface area contributed by atoms with Crippen molar-refractivity contribution in [2.24, 2.45) is 5.73 Å². The van der Waals surface area contributed by atoms with E-state index in [4.69, 9.17) is 10.8 Å². The molecular formula is C10H20N2O3. The molecule has 0 unspecified atom stereocenters. The first kappa shape index (κ1) is 13.9. The number of aliphatic carboxylic acids is 1. The van der Waals surface area contributed by atoms with Crippen molar-refractivity contribution in [2.45, 2.75) is 39.2 Å². The summed E-state index contributed by atoms with van der Waals surface area (Å²) in [5.41, 5.74) is 5.30. The minimum Gasteiger partial charge on any atom is -0.481 e. The molecule has 15 heavy (non-hydrogen) atoms. The molecule has 5 nitrogen and oxygen atoms in total. The predicted octanol–water partition coefficient (Wildman–Crippen LogP) is 0.437. The number of hydrogen-bond acceptors (Lipinski definition) is 3. The van der Waals surface area contributed by atoms with Crippen LogP contribution < -0.4 is 5.73 Å². The molecular weight excluding hydrogens is 196 g/mol. The largest absolute Gasteiger partial charge is 0.481 e. The number of amides is 1. The highest BCUT2D eigenvalue weighted by atomic mass is 16.4. The highest BCUT2D eigenvalue weighted by Gasteiger charge is 2.15. The SMILES string of the molecule is CC(C)N(CCCC(=O)O)C(=O)CCN. The Bertz CT molecular complexity index is 217. The minimum atomic E-state index is -0.829. The van der Waals surface area contributed by atoms with Gasteiger partial charge in [0.25, 0.3) is 0 Å². The van der Waals surface area contributed by atoms with Crippen molar-refractivity contribution >= 4 is 11.9 Å². The van der Waals surface area contributed by atoms with Gasteiger partial charge in [-0.3, -0.25) is 9.59 Å². The van der Waals surface area contributed by atoms with E-state index < -0.39 is 5.97 Å². The second kappa shape index (κ2) is 7.23. The molecule has 0 saturated carbocycles. The standard InChI is InChI=1S/C10H20N2O3/c1-8(2)12(9(13)5-6-11)7-3-4-10(14)15/h8H,3-7,11H2,1-2H3,(H,14,15). The fourth-order valence-corrected chi connectivity index (χ4v) is 1.34. The van der Waals surface area contributed by atoms with Crippen molar-refractivity contribution in [3.63, 3.8) is 0 Å². The molecule has 0 aliphatic rings. The van der Waals surface area contributed by atoms with Gasteiger partial charge >= 0.3 is 5.97 Å². The smallest absolute Gasteiger partial charge is 0.303 e. The Labute approximate surface area is 90.2 Å². The maximum atomic E-state index is 11.6. The van der Waals surface area contributed by atoms with Crippen LogP contribution in [0.5, 0.6) is 0 Å². The zero-order valence-corrected chi connectivity index (χ0v) is 9.40. The lowest BCUT2D eigenvalue weighted by molar-refractivity contribution is -0.138. The number of carbonyl (C=O) groups excluding carboxylic acids is 1. The minimum absolute atomic E-state index is 0.00195. The molecule has 0 fully saturated rings. The number of carboxylic acid groups (broad SMARTS) is 1. The number of hydrogen-bond donors (Lipinski definition) is 2. The zero-order valence-electron chi connectivity index (χ0n) is 9.40. The maximum absolute atomic E-state index is 11.6. The summed E-state index contributed by atoms with van der Waals surface area (Å²) in [5, 5.41) is 8.48. The lowest BCUT2D eigenvalue weighted by Crippen LogP contribution is -2.38. The van der Waals surface area contributed by atoms with Crippen molar-refractivity contribution in [1.29, 1.82) is 0 Å². The molecule has 1 amide bonds. The molecule has 0 atom stereocenters. The van der Waals surface area contributed by atoms with Crippen LogP contribution in [-0.4, -0.2) is 41.0 Å². The third-order valence-electron chi connectivity index (χ3n) is 2.09. The van der Waals surface area contributed by atoms with Crippen LogP contribution >= 0.6 is 0 Å². The highest BCUT2D eigenvalue weighted by Crippen LogP contribution is 2.04. The molecule has 0 aliphatic carbocycles. The van der Waals surface area contributed by atoms with E-state index in [1.165, 1.54) is 0 Å². The van der Waals surface area contributed by atoms with Gasteiger partial charge in [-0.05, 0) is 20.3 Å². The van der Waals surface area contributed by atoms with E-state index in [1.54, 1.807) is 4.90 Å². The molecule has 3 N–H and O–H groups in total. The fraction of sp³-hybridized carbons (Fsp3) is 0.800. The summed E-state index contributed by atoms with van der Waals surface area (Å²) in [6.45, 7) is 4.65. The van der Waals surface area contributed by atoms with Crippen LogP contribution in [0.3, 0.4) is 0 Å². The van der Waals surface area contributed by atoms with Gasteiger partial charge in [-0.15, -0.1) is 0 Å². The van der Waals surface area contributed by atoms with Gasteiger partial charge in [-0.2, -0.15) is 0 Å². The van der Waals surface area contributed by atoms with Crippen LogP contribution in [0.4, 0.5) is 0 Å². The maximum Gasteiger partial charge on any atom is 0.303 e. The molecule has 0 aliphatic heterocycles. The molecule has 0 bridgehead atoms. The zero-order chi connectivity index (χ0) is 11.8. The van der Waals surface area contributed by atoms with Gasteiger partial charge < -0.3 is 15.7 Å². The molecule has 88 valence electrons. The topological polar surface area (TPSA) is 83.6 Å². The van der Waals surface area contributed by atoms with Crippen LogP contribution in [0.2, 0.25) is 0 Å². The third kappa shape index (κ3) is 6.06. The van der Waals surface area contributed by atoms with E-state index in [9.17, 15) is 9.59 Å². The Morgan fingerprint density at radius 3 is 2.33 bits per heavy atom. The van der Waals surface area contributed by atoms with Crippen LogP contribution in [0.15, 0.2) is 0 Å². The van der Waals surface area contributed by atoms with Gasteiger partial charge in [0.15, 0.2) is 0 Å². The van der Waals surface area contributed by atoms with E-state index in [0.29, 0.717) is 25.9 Å². The van der Waals surface area contributed by atoms with E-state index in [1.807, 2.05) is 13.8 Å². The lowest BCUT2D eigenvalue weighted by Gasteiger charge is -2.26. The van der Waals surface area contributed by atoms with Crippen LogP contribution in [-0.2, 0) is 9.59 Å². The number of carboxylic acids is 1. The first-order chi connectivity index (χ1) is 6.99. The Hall–Kier alpha value is -1.10. The van der Waals surface area contributed by atoms with E-state index in [2.05, 4.69) is 0 Å². The summed E-state index contributed by atoms with van der Waals surface area (Å²) < 4.78 is 0. The predicted molar refractivity (Wildman–Crippen MR) is 57.4 cm³/mol. The van der Waals surface area contributed by atoms with Gasteiger partial charge in [0.05, 0.1) is 0 Å². The van der Waals surface area contributed by atoms with E-state index >= 15 is 0 Å². The quantitative estimate of drug-likeness (QED) is 0.646. The first-order valence-electron chi connectivity index (χ1n) is 5.20. The molecule has 0 aromatic heterocycles. The Balaban J connectivity index is 4.04. The summed E-state index contributed by atoms with van der Waals surface area (Å²) in [4.78, 5) is 23.6. The third-order valence-corrected chi connectivity index (χ3v) is 2.09. The van der Waals surface area contributed by atoms with Crippen LogP contribution in [0.1, 0.15) is 33.1 Å². The normalized spacial score (nSPS) is 10.4. The highest BCUT2D eigenvalue weighted by molar-refractivity contribution is 5.76. The average molecular weight is 216 g/mol. The van der Waals surface area contributed by atoms with Gasteiger partial charge in [-0.25, -0.2) is 0 Å². The summed E-state index contributed by atoms with van der Waals surface area (Å²) in [6.07, 6.45) is 0.911. The van der Waals surface area contributed by atoms with E-state index in [-0.39, 0.29) is 18.4 Å². The molecule has 0 aromatic carbocycles. The molecule has 0 radical (unpaired) electrons. The number of nitrogens with zero attached hydrogens (tertiary/aromatic N) is 1. The van der Waals surface area contributed by atoms with Crippen LogP contribution in [0.25, 0.3) is 0 Å². The number of rotatable bonds is 7. The van der Waals surface area contributed by atoms with Crippen LogP contribution in [0, 0.1) is 0 Å².